The van der Waals surface area contributed by atoms with Gasteiger partial charge in [0.05, 0.1) is 18.4 Å². The molecule has 1 aromatic rings. The van der Waals surface area contributed by atoms with Crippen LogP contribution in [0.3, 0.4) is 0 Å². The van der Waals surface area contributed by atoms with Crippen molar-refractivity contribution in [1.29, 1.82) is 0 Å². The van der Waals surface area contributed by atoms with Crippen molar-refractivity contribution in [3.05, 3.63) is 56.6 Å². The van der Waals surface area contributed by atoms with Crippen molar-refractivity contribution in [1.82, 2.24) is 0 Å². The van der Waals surface area contributed by atoms with Crippen LogP contribution in [0.4, 0.5) is 8.78 Å². The van der Waals surface area contributed by atoms with Crippen LogP contribution in [0.2, 0.25) is 0 Å². The minimum atomic E-state index is -0.540. The number of aliphatic imine (C=N–C) groups is 1. The van der Waals surface area contributed by atoms with Crippen molar-refractivity contribution < 1.29 is 18.3 Å². The predicted molar refractivity (Wildman–Crippen MR) is 76.6 cm³/mol. The highest BCUT2D eigenvalue weighted by atomic mass is 32.1. The first-order valence-electron chi connectivity index (χ1n) is 6.23. The molecule has 2 aliphatic rings. The number of halogens is 2. The molecular formula is C15H11F2NO2S. The van der Waals surface area contributed by atoms with Crippen LogP contribution in [0, 0.1) is 5.13 Å². The van der Waals surface area contributed by atoms with Gasteiger partial charge in [0.25, 0.3) is 0 Å². The van der Waals surface area contributed by atoms with Gasteiger partial charge in [-0.15, -0.1) is 11.3 Å². The summed E-state index contributed by atoms with van der Waals surface area (Å²) >= 11 is 0.826. The third-order valence-electron chi connectivity index (χ3n) is 3.30. The zero-order valence-electron chi connectivity index (χ0n) is 11.4. The highest BCUT2D eigenvalue weighted by Crippen LogP contribution is 2.36. The third kappa shape index (κ3) is 2.25. The van der Waals surface area contributed by atoms with E-state index in [1.807, 2.05) is 0 Å². The van der Waals surface area contributed by atoms with Gasteiger partial charge in [-0.3, -0.25) is 9.79 Å². The molecule has 0 bridgehead atoms. The molecule has 3 nitrogen and oxygen atoms in total. The Kier molecular flexibility index (Phi) is 3.33. The Balaban J connectivity index is 2.17. The minimum absolute atomic E-state index is 0.00112. The van der Waals surface area contributed by atoms with Gasteiger partial charge in [-0.25, -0.2) is 4.39 Å². The number of methoxy groups -OCH3 is 1. The number of fused-ring (bicyclic) bond motifs is 1. The monoisotopic (exact) mass is 307 g/mol. The van der Waals surface area contributed by atoms with Crippen LogP contribution < -0.4 is 0 Å². The summed E-state index contributed by atoms with van der Waals surface area (Å²) in [6, 6.07) is 1.14. The number of hydrogen-bond acceptors (Lipinski definition) is 4. The molecule has 1 aromatic heterocycles. The van der Waals surface area contributed by atoms with E-state index in [4.69, 9.17) is 4.74 Å². The smallest absolute Gasteiger partial charge is 0.198 e. The topological polar surface area (TPSA) is 38.7 Å². The molecule has 0 atom stereocenters. The molecule has 0 N–H and O–H groups in total. The average Bonchev–Trinajstić information content (AvgIpc) is 3.01. The zero-order valence-corrected chi connectivity index (χ0v) is 12.2. The van der Waals surface area contributed by atoms with Gasteiger partial charge >= 0.3 is 0 Å². The second kappa shape index (κ2) is 5.04. The zero-order chi connectivity index (χ0) is 15.1. The number of allylic oxidation sites excluding steroid dienone is 5. The lowest BCUT2D eigenvalue weighted by Crippen LogP contribution is -2.18. The molecule has 6 heteroatoms. The van der Waals surface area contributed by atoms with Crippen LogP contribution >= 0.6 is 11.3 Å². The van der Waals surface area contributed by atoms with E-state index in [1.165, 1.54) is 12.5 Å². The molecule has 0 saturated carbocycles. The summed E-state index contributed by atoms with van der Waals surface area (Å²) in [5, 5.41) is 0.947. The van der Waals surface area contributed by atoms with Gasteiger partial charge in [-0.2, -0.15) is 4.39 Å². The largest absolute Gasteiger partial charge is 0.493 e. The molecule has 0 saturated heterocycles. The predicted octanol–water partition coefficient (Wildman–Crippen LogP) is 3.96. The Hall–Kier alpha value is -2.08. The van der Waals surface area contributed by atoms with E-state index in [2.05, 4.69) is 4.99 Å². The number of ether oxygens (including phenoxy) is 1. The molecule has 1 aliphatic heterocycles. The summed E-state index contributed by atoms with van der Waals surface area (Å²) in [6.45, 7) is 1.77. The molecule has 0 radical (unpaired) electrons. The molecular weight excluding hydrogens is 296 g/mol. The molecule has 0 spiro atoms. The average molecular weight is 307 g/mol. The highest BCUT2D eigenvalue weighted by molar-refractivity contribution is 7.08. The van der Waals surface area contributed by atoms with Crippen molar-refractivity contribution in [2.45, 2.75) is 13.3 Å². The van der Waals surface area contributed by atoms with E-state index in [0.717, 1.165) is 17.4 Å². The van der Waals surface area contributed by atoms with Crippen molar-refractivity contribution >= 4 is 22.8 Å². The Bertz CT molecular complexity index is 768. The second-order valence-corrected chi connectivity index (χ2v) is 5.58. The first-order chi connectivity index (χ1) is 10.0. The van der Waals surface area contributed by atoms with Crippen molar-refractivity contribution in [3.63, 3.8) is 0 Å². The lowest BCUT2D eigenvalue weighted by Gasteiger charge is -2.19. The SMILES string of the molecule is COC1=C(F)CC2=NC(C)=CC2=C1C(=O)c1csc(F)c1. The summed E-state index contributed by atoms with van der Waals surface area (Å²) in [5.41, 5.74) is 2.05. The van der Waals surface area contributed by atoms with Crippen molar-refractivity contribution in [2.24, 2.45) is 4.99 Å². The molecule has 1 aliphatic carbocycles. The number of carbonyl (C=O) groups excluding carboxylic acids is 1. The summed E-state index contributed by atoms with van der Waals surface area (Å²) in [7, 11) is 1.31. The van der Waals surface area contributed by atoms with Gasteiger partial charge < -0.3 is 4.74 Å². The van der Waals surface area contributed by atoms with Crippen molar-refractivity contribution in [3.8, 4) is 0 Å². The normalized spacial score (nSPS) is 17.7. The number of ketones is 1. The molecule has 0 aromatic carbocycles. The van der Waals surface area contributed by atoms with E-state index >= 15 is 0 Å². The molecule has 0 unspecified atom stereocenters. The van der Waals surface area contributed by atoms with E-state index in [0.29, 0.717) is 17.0 Å². The summed E-state index contributed by atoms with van der Waals surface area (Å²) in [4.78, 5) is 16.8. The highest BCUT2D eigenvalue weighted by Gasteiger charge is 2.33. The van der Waals surface area contributed by atoms with Crippen LogP contribution in [-0.2, 0) is 4.74 Å². The Morgan fingerprint density at radius 2 is 2.19 bits per heavy atom. The van der Waals surface area contributed by atoms with E-state index in [-0.39, 0.29) is 23.3 Å². The van der Waals surface area contributed by atoms with Crippen LogP contribution in [0.5, 0.6) is 0 Å². The van der Waals surface area contributed by atoms with Gasteiger partial charge in [-0.05, 0) is 19.1 Å². The number of thiophene rings is 1. The maximum Gasteiger partial charge on any atom is 0.198 e. The molecule has 108 valence electrons. The van der Waals surface area contributed by atoms with Crippen LogP contribution in [0.25, 0.3) is 0 Å². The Morgan fingerprint density at radius 1 is 1.43 bits per heavy atom. The maximum atomic E-state index is 14.1. The first-order valence-corrected chi connectivity index (χ1v) is 7.11. The standard InChI is InChI=1S/C15H11F2NO2S/c1-7-3-9-11(18-7)5-10(16)15(20-2)13(9)14(19)8-4-12(17)21-6-8/h3-4,6H,5H2,1-2H3. The van der Waals surface area contributed by atoms with Gasteiger partial charge in [-0.1, -0.05) is 0 Å². The fraction of sp³-hybridized carbons (Fsp3) is 0.200. The third-order valence-corrected chi connectivity index (χ3v) is 4.02. The molecule has 3 rings (SSSR count). The van der Waals surface area contributed by atoms with E-state index < -0.39 is 16.7 Å². The minimum Gasteiger partial charge on any atom is -0.493 e. The van der Waals surface area contributed by atoms with Gasteiger partial charge in [0.1, 0.15) is 5.83 Å². The molecule has 2 heterocycles. The summed E-state index contributed by atoms with van der Waals surface area (Å²) in [5.74, 6) is -1.09. The van der Waals surface area contributed by atoms with Gasteiger partial charge in [0.2, 0.25) is 0 Å². The summed E-state index contributed by atoms with van der Waals surface area (Å²) in [6.07, 6.45) is 1.72. The number of hydrogen-bond donors (Lipinski definition) is 0. The Morgan fingerprint density at radius 3 is 2.81 bits per heavy atom. The number of nitrogens with zero attached hydrogens (tertiary/aromatic N) is 1. The number of carbonyl (C=O) groups is 1. The Labute approximate surface area is 124 Å². The quantitative estimate of drug-likeness (QED) is 0.793. The summed E-state index contributed by atoms with van der Waals surface area (Å²) < 4.78 is 32.3. The fourth-order valence-electron chi connectivity index (χ4n) is 2.45. The van der Waals surface area contributed by atoms with Gasteiger partial charge in [0, 0.05) is 28.6 Å². The first kappa shape index (κ1) is 13.9. The van der Waals surface area contributed by atoms with E-state index in [1.54, 1.807) is 13.0 Å². The second-order valence-electron chi connectivity index (χ2n) is 4.72. The van der Waals surface area contributed by atoms with Gasteiger partial charge in [0.15, 0.2) is 16.7 Å². The number of rotatable bonds is 3. The molecule has 0 fully saturated rings. The van der Waals surface area contributed by atoms with Crippen molar-refractivity contribution in [2.75, 3.05) is 7.11 Å². The van der Waals surface area contributed by atoms with Crippen LogP contribution in [-0.4, -0.2) is 18.6 Å². The fourth-order valence-corrected chi connectivity index (χ4v) is 3.06. The maximum absolute atomic E-state index is 14.1. The lowest BCUT2D eigenvalue weighted by molar-refractivity contribution is 0.102. The number of Topliss-reactive ketones (excluding diaryl/α,β-unsaturated/α-hetero) is 1. The lowest BCUT2D eigenvalue weighted by atomic mass is 9.89. The molecule has 21 heavy (non-hydrogen) atoms. The molecule has 0 amide bonds. The van der Waals surface area contributed by atoms with E-state index in [9.17, 15) is 13.6 Å². The van der Waals surface area contributed by atoms with Crippen LogP contribution in [0.15, 0.2) is 50.9 Å². The van der Waals surface area contributed by atoms with Crippen LogP contribution in [0.1, 0.15) is 23.7 Å².